The number of nitrogens with zero attached hydrogens (tertiary/aromatic N) is 6. The highest BCUT2D eigenvalue weighted by atomic mass is 16.6. The molecular formula is C27H32N6O2. The lowest BCUT2D eigenvalue weighted by Crippen LogP contribution is -2.46. The number of nitriles is 1. The number of fused-ring (bicyclic) bond motifs is 1. The van der Waals surface area contributed by atoms with Crippen molar-refractivity contribution in [3.05, 3.63) is 41.9 Å². The van der Waals surface area contributed by atoms with E-state index in [1.54, 1.807) is 24.7 Å². The van der Waals surface area contributed by atoms with Gasteiger partial charge in [0.1, 0.15) is 17.4 Å². The number of esters is 1. The Morgan fingerprint density at radius 2 is 2.03 bits per heavy atom. The molecule has 0 amide bonds. The van der Waals surface area contributed by atoms with Crippen LogP contribution in [-0.4, -0.2) is 43.7 Å². The number of ether oxygens (including phenoxy) is 1. The topological polar surface area (TPSA) is 96.4 Å². The van der Waals surface area contributed by atoms with Gasteiger partial charge in [-0.1, -0.05) is 6.92 Å². The van der Waals surface area contributed by atoms with Gasteiger partial charge in [0.25, 0.3) is 0 Å². The highest BCUT2D eigenvalue weighted by Gasteiger charge is 2.37. The van der Waals surface area contributed by atoms with Crippen molar-refractivity contribution in [2.24, 2.45) is 5.92 Å². The maximum atomic E-state index is 12.8. The molecule has 3 aromatic rings. The summed E-state index contributed by atoms with van der Waals surface area (Å²) in [6, 6.07) is 8.08. The largest absolute Gasteiger partial charge is 0.460 e. The lowest BCUT2D eigenvalue weighted by Gasteiger charge is -2.40. The van der Waals surface area contributed by atoms with E-state index >= 15 is 0 Å². The maximum absolute atomic E-state index is 12.8. The van der Waals surface area contributed by atoms with Crippen LogP contribution in [0.3, 0.4) is 0 Å². The van der Waals surface area contributed by atoms with Crippen LogP contribution in [0.15, 0.2) is 30.7 Å². The van der Waals surface area contributed by atoms with Crippen molar-refractivity contribution in [1.82, 2.24) is 19.6 Å². The fourth-order valence-corrected chi connectivity index (χ4v) is 5.11. The Kier molecular flexibility index (Phi) is 5.96. The molecular weight excluding hydrogens is 440 g/mol. The van der Waals surface area contributed by atoms with Crippen LogP contribution in [0, 0.1) is 17.2 Å². The predicted molar refractivity (Wildman–Crippen MR) is 133 cm³/mol. The van der Waals surface area contributed by atoms with E-state index < -0.39 is 5.60 Å². The fourth-order valence-electron chi connectivity index (χ4n) is 5.11. The fraction of sp³-hybridized carbons (Fsp3) is 0.519. The number of anilines is 1. The zero-order chi connectivity index (χ0) is 24.7. The molecule has 2 atom stereocenters. The second kappa shape index (κ2) is 8.95. The first-order valence-electron chi connectivity index (χ1n) is 12.5. The summed E-state index contributed by atoms with van der Waals surface area (Å²) in [5.41, 5.74) is 3.95. The van der Waals surface area contributed by atoms with E-state index in [9.17, 15) is 10.1 Å². The summed E-state index contributed by atoms with van der Waals surface area (Å²) in [5.74, 6) is 1.20. The molecule has 8 nitrogen and oxygen atoms in total. The summed E-state index contributed by atoms with van der Waals surface area (Å²) in [6.07, 6.45) is 7.96. The molecule has 0 radical (unpaired) electrons. The Hall–Kier alpha value is -3.47. The van der Waals surface area contributed by atoms with Crippen LogP contribution in [0.2, 0.25) is 0 Å². The third-order valence-corrected chi connectivity index (χ3v) is 6.93. The summed E-state index contributed by atoms with van der Waals surface area (Å²) < 4.78 is 7.63. The van der Waals surface area contributed by atoms with Gasteiger partial charge in [-0.05, 0) is 82.6 Å². The van der Waals surface area contributed by atoms with E-state index in [1.807, 2.05) is 25.3 Å². The van der Waals surface area contributed by atoms with Gasteiger partial charge in [-0.2, -0.15) is 10.4 Å². The first-order chi connectivity index (χ1) is 16.8. The molecule has 1 saturated heterocycles. The van der Waals surface area contributed by atoms with E-state index in [0.29, 0.717) is 11.5 Å². The molecule has 35 heavy (non-hydrogen) atoms. The number of pyridine rings is 1. The van der Waals surface area contributed by atoms with Gasteiger partial charge in [0.2, 0.25) is 0 Å². The quantitative estimate of drug-likeness (QED) is 0.488. The summed E-state index contributed by atoms with van der Waals surface area (Å²) in [6.45, 7) is 8.65. The molecule has 8 heteroatoms. The van der Waals surface area contributed by atoms with E-state index in [1.165, 1.54) is 5.56 Å². The van der Waals surface area contributed by atoms with E-state index in [4.69, 9.17) is 9.72 Å². The van der Waals surface area contributed by atoms with Gasteiger partial charge in [0.05, 0.1) is 28.9 Å². The van der Waals surface area contributed by atoms with E-state index in [0.717, 1.165) is 61.4 Å². The minimum atomic E-state index is -0.479. The smallest absolute Gasteiger partial charge is 0.309 e. The average Bonchev–Trinajstić information content (AvgIpc) is 3.62. The lowest BCUT2D eigenvalue weighted by molar-refractivity contribution is -0.161. The molecule has 1 unspecified atom stereocenters. The summed E-state index contributed by atoms with van der Waals surface area (Å²) in [4.78, 5) is 24.5. The van der Waals surface area contributed by atoms with Crippen molar-refractivity contribution in [2.45, 2.75) is 77.4 Å². The van der Waals surface area contributed by atoms with Gasteiger partial charge in [-0.3, -0.25) is 9.78 Å². The number of hydrogen-bond donors (Lipinski definition) is 0. The van der Waals surface area contributed by atoms with Crippen LogP contribution in [0.1, 0.15) is 76.8 Å². The van der Waals surface area contributed by atoms with Crippen molar-refractivity contribution < 1.29 is 9.53 Å². The number of carbonyl (C=O) groups is 1. The minimum absolute atomic E-state index is 0.101. The summed E-state index contributed by atoms with van der Waals surface area (Å²) >= 11 is 0. The molecule has 0 spiro atoms. The highest BCUT2D eigenvalue weighted by Crippen LogP contribution is 2.46. The Morgan fingerprint density at radius 1 is 1.23 bits per heavy atom. The Balaban J connectivity index is 1.53. The molecule has 1 aliphatic heterocycles. The van der Waals surface area contributed by atoms with Crippen LogP contribution in [0.4, 0.5) is 5.82 Å². The van der Waals surface area contributed by atoms with Crippen molar-refractivity contribution >= 4 is 17.3 Å². The molecule has 182 valence electrons. The maximum Gasteiger partial charge on any atom is 0.309 e. The average molecular weight is 473 g/mol. The summed E-state index contributed by atoms with van der Waals surface area (Å²) in [5, 5.41) is 14.0. The van der Waals surface area contributed by atoms with Crippen LogP contribution in [0.25, 0.3) is 16.9 Å². The van der Waals surface area contributed by atoms with E-state index in [-0.39, 0.29) is 17.9 Å². The number of carbonyl (C=O) groups excluding carboxylic acids is 1. The Labute approximate surface area is 205 Å². The Morgan fingerprint density at radius 3 is 2.71 bits per heavy atom. The monoisotopic (exact) mass is 472 g/mol. The molecule has 0 aromatic carbocycles. The van der Waals surface area contributed by atoms with Gasteiger partial charge in [-0.25, -0.2) is 9.50 Å². The van der Waals surface area contributed by atoms with Crippen molar-refractivity contribution in [3.63, 3.8) is 0 Å². The van der Waals surface area contributed by atoms with Crippen LogP contribution in [-0.2, 0) is 9.53 Å². The molecule has 4 heterocycles. The molecule has 0 N–H and O–H groups in total. The highest BCUT2D eigenvalue weighted by molar-refractivity contribution is 5.81. The zero-order valence-electron chi connectivity index (χ0n) is 20.9. The number of aromatic nitrogens is 4. The lowest BCUT2D eigenvalue weighted by atomic mass is 9.89. The zero-order valence-corrected chi connectivity index (χ0v) is 20.9. The molecule has 2 fully saturated rings. The van der Waals surface area contributed by atoms with E-state index in [2.05, 4.69) is 34.0 Å². The standard InChI is InChI=1S/C27H32N6O2/c1-5-20-13-19(26(34)35-27(2,3)4)9-11-32(20)25-24-21(18-6-7-18)14-23(33(24)31-16-30-25)22-12-17(15-28)8-10-29-22/h8,10,12,14,16,18-20H,5-7,9,11,13H2,1-4H3/t19?,20-/m0/s1. The molecule has 0 bridgehead atoms. The van der Waals surface area contributed by atoms with Gasteiger partial charge in [0, 0.05) is 18.8 Å². The predicted octanol–water partition coefficient (Wildman–Crippen LogP) is 4.88. The second-order valence-electron chi connectivity index (χ2n) is 10.7. The molecule has 2 aliphatic rings. The van der Waals surface area contributed by atoms with Gasteiger partial charge in [-0.15, -0.1) is 0 Å². The molecule has 3 aromatic heterocycles. The first kappa shape index (κ1) is 23.3. The van der Waals surface area contributed by atoms with Crippen LogP contribution in [0.5, 0.6) is 0 Å². The molecule has 1 saturated carbocycles. The molecule has 1 aliphatic carbocycles. The number of piperidine rings is 1. The SMILES string of the molecule is CC[C@H]1CC(C(=O)OC(C)(C)C)CCN1c1ncnn2c(-c3cc(C#N)ccn3)cc(C3CC3)c12. The van der Waals surface area contributed by atoms with Crippen LogP contribution >= 0.6 is 0 Å². The second-order valence-corrected chi connectivity index (χ2v) is 10.7. The van der Waals surface area contributed by atoms with Gasteiger partial charge in [0.15, 0.2) is 5.82 Å². The van der Waals surface area contributed by atoms with Crippen molar-refractivity contribution in [1.29, 1.82) is 5.26 Å². The van der Waals surface area contributed by atoms with Gasteiger partial charge >= 0.3 is 5.97 Å². The Bertz CT molecular complexity index is 1300. The van der Waals surface area contributed by atoms with Gasteiger partial charge < -0.3 is 9.64 Å². The van der Waals surface area contributed by atoms with Crippen molar-refractivity contribution in [3.8, 4) is 17.5 Å². The number of hydrogen-bond acceptors (Lipinski definition) is 7. The number of rotatable bonds is 5. The third-order valence-electron chi connectivity index (χ3n) is 6.93. The summed E-state index contributed by atoms with van der Waals surface area (Å²) in [7, 11) is 0. The first-order valence-corrected chi connectivity index (χ1v) is 12.5. The minimum Gasteiger partial charge on any atom is -0.460 e. The molecule has 5 rings (SSSR count). The van der Waals surface area contributed by atoms with Crippen LogP contribution < -0.4 is 4.90 Å². The third kappa shape index (κ3) is 4.60. The van der Waals surface area contributed by atoms with Crippen molar-refractivity contribution in [2.75, 3.05) is 11.4 Å². The normalized spacial score (nSPS) is 20.6.